The first-order valence-corrected chi connectivity index (χ1v) is 12.4. The predicted octanol–water partition coefficient (Wildman–Crippen LogP) is 5.39. The third kappa shape index (κ3) is 8.44. The molecule has 0 saturated carbocycles. The number of ether oxygens (including phenoxy) is 1. The van der Waals surface area contributed by atoms with Gasteiger partial charge >= 0.3 is 5.97 Å². The number of benzene rings is 1. The van der Waals surface area contributed by atoms with E-state index < -0.39 is 12.6 Å². The van der Waals surface area contributed by atoms with Crippen LogP contribution in [0.25, 0.3) is 10.9 Å². The Morgan fingerprint density at radius 1 is 1.24 bits per heavy atom. The molecule has 1 atom stereocenters. The van der Waals surface area contributed by atoms with Crippen LogP contribution in [0.2, 0.25) is 0 Å². The van der Waals surface area contributed by atoms with E-state index in [1.807, 2.05) is 42.9 Å². The van der Waals surface area contributed by atoms with Crippen molar-refractivity contribution in [1.82, 2.24) is 9.55 Å². The number of aliphatic carboxylic acids is 1. The summed E-state index contributed by atoms with van der Waals surface area (Å²) in [6.45, 7) is 11.3. The van der Waals surface area contributed by atoms with Crippen molar-refractivity contribution in [3.05, 3.63) is 84.4 Å². The molecule has 3 aromatic rings. The summed E-state index contributed by atoms with van der Waals surface area (Å²) in [5.41, 5.74) is 7.86. The Kier molecular flexibility index (Phi) is 13.2. The Labute approximate surface area is 224 Å². The summed E-state index contributed by atoms with van der Waals surface area (Å²) in [4.78, 5) is 35.4. The standard InChI is InChI=1S/C15H17NO4.C14H19N.CH3NO/c1-4-10-14(9(2)17)15-11(16(10)3)6-5-7-12(15)20-8-13(18)19;1-4-6-10-14(3,9-5-2)13-8-7-11-15-12-13;2-1-3/h5-7H,4,8H2,1-3H3,(H,18,19);5-8,10-12H,2,4,9H2,1,3H3;1H,(H2,2,3)/b;10-6-;. The van der Waals surface area contributed by atoms with Crippen LogP contribution in [-0.4, -0.2) is 39.4 Å². The Balaban J connectivity index is 0.000000356. The fourth-order valence-corrected chi connectivity index (χ4v) is 4.22. The van der Waals surface area contributed by atoms with Crippen molar-refractivity contribution in [2.75, 3.05) is 6.61 Å². The normalized spacial score (nSPS) is 11.9. The minimum absolute atomic E-state index is 0.0338. The van der Waals surface area contributed by atoms with Crippen LogP contribution in [0.15, 0.2) is 67.5 Å². The van der Waals surface area contributed by atoms with Crippen molar-refractivity contribution in [1.29, 1.82) is 0 Å². The van der Waals surface area contributed by atoms with Crippen LogP contribution in [0.5, 0.6) is 5.75 Å². The van der Waals surface area contributed by atoms with Crippen molar-refractivity contribution >= 4 is 29.1 Å². The smallest absolute Gasteiger partial charge is 0.341 e. The minimum atomic E-state index is -1.04. The van der Waals surface area contributed by atoms with Gasteiger partial charge in [0.15, 0.2) is 12.4 Å². The summed E-state index contributed by atoms with van der Waals surface area (Å²) in [5, 5.41) is 9.43. The zero-order chi connectivity index (χ0) is 28.7. The first-order chi connectivity index (χ1) is 18.1. The van der Waals surface area contributed by atoms with Crippen LogP contribution < -0.4 is 10.5 Å². The number of aryl methyl sites for hydroxylation is 1. The molecule has 2 heterocycles. The molecule has 8 nitrogen and oxygen atoms in total. The molecule has 2 aromatic heterocycles. The number of carboxylic acids is 1. The number of nitrogens with two attached hydrogens (primary N) is 1. The average molecular weight is 522 g/mol. The van der Waals surface area contributed by atoms with Crippen LogP contribution in [0.4, 0.5) is 0 Å². The molecule has 8 heteroatoms. The topological polar surface area (TPSA) is 125 Å². The lowest BCUT2D eigenvalue weighted by molar-refractivity contribution is -0.139. The second-order valence-corrected chi connectivity index (χ2v) is 8.72. The zero-order valence-corrected chi connectivity index (χ0v) is 22.9. The van der Waals surface area contributed by atoms with Gasteiger partial charge in [0.2, 0.25) is 6.41 Å². The first kappa shape index (κ1) is 31.8. The molecular formula is C30H39N3O5. The van der Waals surface area contributed by atoms with Gasteiger partial charge in [0.1, 0.15) is 5.75 Å². The van der Waals surface area contributed by atoms with Gasteiger partial charge in [-0.25, -0.2) is 4.79 Å². The average Bonchev–Trinajstić information content (AvgIpc) is 3.20. The quantitative estimate of drug-likeness (QED) is 0.209. The number of carbonyl (C=O) groups excluding carboxylic acids is 2. The second-order valence-electron chi connectivity index (χ2n) is 8.72. The number of nitrogens with zero attached hydrogens (tertiary/aromatic N) is 2. The molecule has 204 valence electrons. The van der Waals surface area contributed by atoms with Crippen LogP contribution >= 0.6 is 0 Å². The van der Waals surface area contributed by atoms with Crippen LogP contribution in [-0.2, 0) is 28.5 Å². The zero-order valence-electron chi connectivity index (χ0n) is 22.9. The third-order valence-electron chi connectivity index (χ3n) is 5.96. The van der Waals surface area contributed by atoms with Gasteiger partial charge in [-0.3, -0.25) is 14.6 Å². The Bertz CT molecular complexity index is 1250. The number of ketones is 1. The molecule has 0 bridgehead atoms. The molecule has 0 aliphatic heterocycles. The summed E-state index contributed by atoms with van der Waals surface area (Å²) in [7, 11) is 1.90. The summed E-state index contributed by atoms with van der Waals surface area (Å²) >= 11 is 0. The highest BCUT2D eigenvalue weighted by atomic mass is 16.5. The van der Waals surface area contributed by atoms with Gasteiger partial charge in [0.05, 0.1) is 10.9 Å². The number of carboxylic acid groups (broad SMARTS) is 1. The number of aromatic nitrogens is 2. The van der Waals surface area contributed by atoms with Crippen molar-refractivity contribution < 1.29 is 24.2 Å². The van der Waals surface area contributed by atoms with E-state index in [-0.39, 0.29) is 17.6 Å². The summed E-state index contributed by atoms with van der Waals surface area (Å²) in [6, 6.07) is 9.49. The predicted molar refractivity (Wildman–Crippen MR) is 152 cm³/mol. The van der Waals surface area contributed by atoms with Crippen molar-refractivity contribution in [2.45, 2.75) is 52.4 Å². The SMILES string of the molecule is C=CCC(C)(/C=C\CC)c1cccnc1.CCc1c(C(C)=O)c2c(OCC(=O)O)cccc2n1C.NC=O. The number of Topliss-reactive ketones (excluding diaryl/α,β-unsaturated/α-hetero) is 1. The molecule has 1 aromatic carbocycles. The van der Waals surface area contributed by atoms with E-state index in [9.17, 15) is 9.59 Å². The molecule has 0 spiro atoms. The molecule has 1 unspecified atom stereocenters. The maximum Gasteiger partial charge on any atom is 0.341 e. The molecule has 0 aliphatic rings. The number of hydrogen-bond acceptors (Lipinski definition) is 5. The number of primary amides is 1. The number of pyridine rings is 1. The number of allylic oxidation sites excluding steroid dienone is 3. The van der Waals surface area contributed by atoms with Crippen LogP contribution in [0, 0.1) is 0 Å². The highest BCUT2D eigenvalue weighted by Gasteiger charge is 2.22. The molecule has 0 fully saturated rings. The van der Waals surface area contributed by atoms with Gasteiger partial charge in [0.25, 0.3) is 0 Å². The molecule has 3 N–H and O–H groups in total. The monoisotopic (exact) mass is 521 g/mol. The number of rotatable bonds is 10. The van der Waals surface area contributed by atoms with E-state index >= 15 is 0 Å². The van der Waals surface area contributed by atoms with E-state index in [0.29, 0.717) is 16.7 Å². The Hall–Kier alpha value is -4.20. The fraction of sp³-hybridized carbons (Fsp3) is 0.333. The maximum atomic E-state index is 12.0. The highest BCUT2D eigenvalue weighted by Crippen LogP contribution is 2.34. The maximum absolute atomic E-state index is 12.0. The van der Waals surface area contributed by atoms with Gasteiger partial charge in [0, 0.05) is 36.1 Å². The first-order valence-electron chi connectivity index (χ1n) is 12.4. The molecule has 0 aliphatic carbocycles. The fourth-order valence-electron chi connectivity index (χ4n) is 4.22. The van der Waals surface area contributed by atoms with E-state index in [0.717, 1.165) is 30.5 Å². The Morgan fingerprint density at radius 3 is 2.42 bits per heavy atom. The summed E-state index contributed by atoms with van der Waals surface area (Å²) < 4.78 is 7.28. The van der Waals surface area contributed by atoms with E-state index in [4.69, 9.17) is 14.6 Å². The number of carbonyl (C=O) groups is 3. The lowest BCUT2D eigenvalue weighted by Crippen LogP contribution is -2.18. The molecule has 0 radical (unpaired) electrons. The molecular weight excluding hydrogens is 482 g/mol. The van der Waals surface area contributed by atoms with Gasteiger partial charge in [-0.1, -0.05) is 51.1 Å². The lowest BCUT2D eigenvalue weighted by atomic mass is 9.80. The van der Waals surface area contributed by atoms with E-state index in [1.165, 1.54) is 12.5 Å². The minimum Gasteiger partial charge on any atom is -0.481 e. The molecule has 38 heavy (non-hydrogen) atoms. The van der Waals surface area contributed by atoms with Gasteiger partial charge in [-0.05, 0) is 49.9 Å². The Morgan fingerprint density at radius 2 is 1.92 bits per heavy atom. The van der Waals surface area contributed by atoms with Crippen LogP contribution in [0.3, 0.4) is 0 Å². The highest BCUT2D eigenvalue weighted by molar-refractivity contribution is 6.10. The summed E-state index contributed by atoms with van der Waals surface area (Å²) in [5.74, 6) is -0.651. The van der Waals surface area contributed by atoms with Crippen molar-refractivity contribution in [3.8, 4) is 5.75 Å². The number of hydrogen-bond donors (Lipinski definition) is 2. The lowest BCUT2D eigenvalue weighted by Gasteiger charge is -2.24. The third-order valence-corrected chi connectivity index (χ3v) is 5.96. The van der Waals surface area contributed by atoms with Gasteiger partial charge < -0.3 is 20.1 Å². The van der Waals surface area contributed by atoms with E-state index in [2.05, 4.69) is 49.4 Å². The molecule has 1 amide bonds. The van der Waals surface area contributed by atoms with Gasteiger partial charge in [-0.2, -0.15) is 0 Å². The molecule has 0 saturated heterocycles. The number of fused-ring (bicyclic) bond motifs is 1. The van der Waals surface area contributed by atoms with Crippen LogP contribution in [0.1, 0.15) is 62.2 Å². The number of amides is 1. The van der Waals surface area contributed by atoms with Crippen molar-refractivity contribution in [3.63, 3.8) is 0 Å². The van der Waals surface area contributed by atoms with Gasteiger partial charge in [-0.15, -0.1) is 6.58 Å². The van der Waals surface area contributed by atoms with E-state index in [1.54, 1.807) is 18.3 Å². The second kappa shape index (κ2) is 15.8. The van der Waals surface area contributed by atoms with Crippen molar-refractivity contribution in [2.24, 2.45) is 12.8 Å². The summed E-state index contributed by atoms with van der Waals surface area (Å²) in [6.07, 6.45) is 13.1. The largest absolute Gasteiger partial charge is 0.481 e. The molecule has 3 rings (SSSR count).